The first kappa shape index (κ1) is 31.5. The van der Waals surface area contributed by atoms with Crippen molar-refractivity contribution in [3.8, 4) is 11.3 Å². The molecular weight excluding hydrogens is 621 g/mol. The molecule has 0 spiro atoms. The molecule has 4 N–H and O–H groups in total. The van der Waals surface area contributed by atoms with Gasteiger partial charge in [0.05, 0.1) is 27.5 Å². The van der Waals surface area contributed by atoms with Gasteiger partial charge in [0.1, 0.15) is 0 Å². The number of thiazole rings is 1. The lowest BCUT2D eigenvalue weighted by atomic mass is 10.0. The van der Waals surface area contributed by atoms with Gasteiger partial charge in [0.25, 0.3) is 0 Å². The second kappa shape index (κ2) is 15.2. The molecule has 1 fully saturated rings. The largest absolute Gasteiger partial charge is 0.353 e. The highest BCUT2D eigenvalue weighted by molar-refractivity contribution is 8.01. The van der Waals surface area contributed by atoms with Crippen LogP contribution in [-0.4, -0.2) is 52.6 Å². The van der Waals surface area contributed by atoms with Crippen LogP contribution in [0.3, 0.4) is 0 Å². The van der Waals surface area contributed by atoms with Crippen molar-refractivity contribution in [2.24, 2.45) is 5.73 Å². The van der Waals surface area contributed by atoms with Crippen LogP contribution in [0.25, 0.3) is 11.3 Å². The summed E-state index contributed by atoms with van der Waals surface area (Å²) in [5.74, 6) is 0.0891. The Hall–Kier alpha value is -2.92. The average Bonchev–Trinajstić information content (AvgIpc) is 3.49. The predicted octanol–water partition coefficient (Wildman–Crippen LogP) is 6.50. The minimum Gasteiger partial charge on any atom is -0.353 e. The molecule has 0 unspecified atom stereocenters. The summed E-state index contributed by atoms with van der Waals surface area (Å²) in [6, 6.07) is 22.5. The minimum atomic E-state index is -0.652. The number of thioether (sulfide) groups is 1. The molecule has 2 amide bonds. The van der Waals surface area contributed by atoms with Crippen LogP contribution in [0.4, 0.5) is 5.69 Å². The lowest BCUT2D eigenvalue weighted by Gasteiger charge is -2.32. The Balaban J connectivity index is 1.05. The number of nitrogens with zero attached hydrogens (tertiary/aromatic N) is 2. The number of aromatic nitrogens is 1. The van der Waals surface area contributed by atoms with E-state index < -0.39 is 6.04 Å². The number of piperidine rings is 1. The maximum absolute atomic E-state index is 12.7. The van der Waals surface area contributed by atoms with Gasteiger partial charge in [-0.1, -0.05) is 83.5 Å². The van der Waals surface area contributed by atoms with Crippen LogP contribution in [0, 0.1) is 0 Å². The molecule has 2 heterocycles. The van der Waals surface area contributed by atoms with Gasteiger partial charge in [-0.15, -0.1) is 11.3 Å². The number of carbonyl (C=O) groups excluding carboxylic acids is 2. The second-order valence-electron chi connectivity index (χ2n) is 10.5. The fourth-order valence-electron chi connectivity index (χ4n) is 4.94. The molecule has 3 aromatic carbocycles. The third kappa shape index (κ3) is 9.28. The van der Waals surface area contributed by atoms with Crippen LogP contribution < -0.4 is 16.4 Å². The molecule has 0 radical (unpaired) electrons. The molecule has 1 aliphatic heterocycles. The van der Waals surface area contributed by atoms with Crippen molar-refractivity contribution in [1.29, 1.82) is 0 Å². The number of hydrogen-bond donors (Lipinski definition) is 3. The smallest absolute Gasteiger partial charge is 0.241 e. The van der Waals surface area contributed by atoms with Crippen LogP contribution >= 0.6 is 46.3 Å². The number of nitrogens with two attached hydrogens (primary N) is 1. The molecule has 0 bridgehead atoms. The molecule has 4 aromatic rings. The SMILES string of the molecule is N[C@@H](Cc1ccccc1)C(=O)Nc1cccc(-c2csc(SCC(=O)NC3CCN(Cc4ccc(Cl)c(Cl)c4)CC3)n2)c1. The van der Waals surface area contributed by atoms with E-state index in [0.717, 1.165) is 59.2 Å². The zero-order chi connectivity index (χ0) is 30.2. The van der Waals surface area contributed by atoms with E-state index in [-0.39, 0.29) is 17.9 Å². The van der Waals surface area contributed by atoms with Crippen molar-refractivity contribution in [3.63, 3.8) is 0 Å². The number of rotatable bonds is 11. The van der Waals surface area contributed by atoms with Gasteiger partial charge in [-0.05, 0) is 54.7 Å². The molecule has 1 aromatic heterocycles. The summed E-state index contributed by atoms with van der Waals surface area (Å²) in [7, 11) is 0. The summed E-state index contributed by atoms with van der Waals surface area (Å²) < 4.78 is 0.820. The summed E-state index contributed by atoms with van der Waals surface area (Å²) in [5.41, 5.74) is 10.6. The summed E-state index contributed by atoms with van der Waals surface area (Å²) in [4.78, 5) is 32.4. The fraction of sp³-hybridized carbons (Fsp3) is 0.281. The molecular formula is C32H33Cl2N5O2S2. The van der Waals surface area contributed by atoms with Gasteiger partial charge in [-0.25, -0.2) is 4.98 Å². The molecule has 5 rings (SSSR count). The first-order valence-electron chi connectivity index (χ1n) is 14.1. The van der Waals surface area contributed by atoms with E-state index in [9.17, 15) is 9.59 Å². The van der Waals surface area contributed by atoms with E-state index in [1.165, 1.54) is 23.1 Å². The number of anilines is 1. The van der Waals surface area contributed by atoms with E-state index in [0.29, 0.717) is 27.9 Å². The molecule has 43 heavy (non-hydrogen) atoms. The summed E-state index contributed by atoms with van der Waals surface area (Å²) >= 11 is 15.1. The van der Waals surface area contributed by atoms with Gasteiger partial charge in [0, 0.05) is 42.3 Å². The monoisotopic (exact) mass is 653 g/mol. The Kier molecular flexibility index (Phi) is 11.1. The Labute approximate surface area is 270 Å². The van der Waals surface area contributed by atoms with Gasteiger partial charge in [-0.2, -0.15) is 0 Å². The van der Waals surface area contributed by atoms with Crippen LogP contribution in [0.2, 0.25) is 10.0 Å². The van der Waals surface area contributed by atoms with Crippen molar-refractivity contribution in [2.75, 3.05) is 24.2 Å². The van der Waals surface area contributed by atoms with Crippen LogP contribution in [0.5, 0.6) is 0 Å². The molecule has 1 saturated heterocycles. The Morgan fingerprint density at radius 2 is 1.79 bits per heavy atom. The summed E-state index contributed by atoms with van der Waals surface area (Å²) in [5, 5.41) is 9.20. The summed E-state index contributed by atoms with van der Waals surface area (Å²) in [6.45, 7) is 2.64. The Morgan fingerprint density at radius 1 is 1.00 bits per heavy atom. The number of benzene rings is 3. The minimum absolute atomic E-state index is 0.0150. The van der Waals surface area contributed by atoms with E-state index in [4.69, 9.17) is 33.9 Å². The van der Waals surface area contributed by atoms with E-state index in [1.54, 1.807) is 0 Å². The Morgan fingerprint density at radius 3 is 2.56 bits per heavy atom. The molecule has 224 valence electrons. The first-order valence-corrected chi connectivity index (χ1v) is 16.7. The van der Waals surface area contributed by atoms with Crippen molar-refractivity contribution < 1.29 is 9.59 Å². The van der Waals surface area contributed by atoms with Crippen LogP contribution in [-0.2, 0) is 22.6 Å². The predicted molar refractivity (Wildman–Crippen MR) is 178 cm³/mol. The zero-order valence-corrected chi connectivity index (χ0v) is 26.6. The number of carbonyl (C=O) groups is 2. The van der Waals surface area contributed by atoms with Crippen molar-refractivity contribution in [2.45, 2.75) is 42.2 Å². The third-order valence-corrected chi connectivity index (χ3v) is 9.97. The first-order chi connectivity index (χ1) is 20.8. The topological polar surface area (TPSA) is 100 Å². The number of halogens is 2. The number of amides is 2. The molecule has 0 saturated carbocycles. The average molecular weight is 655 g/mol. The van der Waals surface area contributed by atoms with E-state index >= 15 is 0 Å². The summed E-state index contributed by atoms with van der Waals surface area (Å²) in [6.07, 6.45) is 2.28. The van der Waals surface area contributed by atoms with Crippen molar-refractivity contribution >= 4 is 63.8 Å². The van der Waals surface area contributed by atoms with Gasteiger partial charge in [-0.3, -0.25) is 14.5 Å². The normalized spacial score (nSPS) is 14.8. The van der Waals surface area contributed by atoms with Crippen LogP contribution in [0.1, 0.15) is 24.0 Å². The lowest BCUT2D eigenvalue weighted by molar-refractivity contribution is -0.119. The van der Waals surface area contributed by atoms with Gasteiger partial charge < -0.3 is 16.4 Å². The van der Waals surface area contributed by atoms with Gasteiger partial charge >= 0.3 is 0 Å². The zero-order valence-electron chi connectivity index (χ0n) is 23.5. The van der Waals surface area contributed by atoms with Gasteiger partial charge in [0.15, 0.2) is 4.34 Å². The third-order valence-electron chi connectivity index (χ3n) is 7.21. The van der Waals surface area contributed by atoms with Crippen molar-refractivity contribution in [3.05, 3.63) is 99.3 Å². The number of likely N-dealkylation sites (tertiary alicyclic amines) is 1. The number of nitrogens with one attached hydrogen (secondary N) is 2. The van der Waals surface area contributed by atoms with E-state index in [1.807, 2.05) is 78.2 Å². The molecule has 1 atom stereocenters. The maximum atomic E-state index is 12.7. The molecule has 7 nitrogen and oxygen atoms in total. The Bertz CT molecular complexity index is 1540. The maximum Gasteiger partial charge on any atom is 0.241 e. The number of hydrogen-bond acceptors (Lipinski definition) is 7. The second-order valence-corrected chi connectivity index (χ2v) is 13.4. The highest BCUT2D eigenvalue weighted by Gasteiger charge is 2.21. The fourth-order valence-corrected chi connectivity index (χ4v) is 6.90. The highest BCUT2D eigenvalue weighted by atomic mass is 35.5. The molecule has 0 aliphatic carbocycles. The highest BCUT2D eigenvalue weighted by Crippen LogP contribution is 2.30. The molecule has 11 heteroatoms. The quantitative estimate of drug-likeness (QED) is 0.160. The lowest BCUT2D eigenvalue weighted by Crippen LogP contribution is -2.44. The standard InChI is InChI=1S/C32H33Cl2N5O2S2/c33-26-10-9-22(15-27(26)34)18-39-13-11-24(12-14-39)36-30(40)20-43-32-38-29(19-42-32)23-7-4-8-25(17-23)37-31(41)28(35)16-21-5-2-1-3-6-21/h1-10,15,17,19,24,28H,11-14,16,18,20,35H2,(H,36,40)(H,37,41)/t28-/m0/s1. The molecule has 1 aliphatic rings. The van der Waals surface area contributed by atoms with Gasteiger partial charge in [0.2, 0.25) is 11.8 Å². The van der Waals surface area contributed by atoms with Crippen molar-refractivity contribution in [1.82, 2.24) is 15.2 Å². The van der Waals surface area contributed by atoms with E-state index in [2.05, 4.69) is 15.5 Å². The van der Waals surface area contributed by atoms with Crippen LogP contribution in [0.15, 0.2) is 82.5 Å².